The molecule has 0 radical (unpaired) electrons. The van der Waals surface area contributed by atoms with Crippen LogP contribution in [0.15, 0.2) is 55.1 Å². The molecular weight excluding hydrogens is 317 g/mol. The van der Waals surface area contributed by atoms with Gasteiger partial charge in [-0.25, -0.2) is 14.1 Å². The van der Waals surface area contributed by atoms with E-state index in [0.717, 1.165) is 6.07 Å². The van der Waals surface area contributed by atoms with Crippen molar-refractivity contribution in [1.82, 2.24) is 14.8 Å². The molecule has 1 aromatic heterocycles. The molecule has 0 aliphatic carbocycles. The number of nitrogens with one attached hydrogen (secondary N) is 1. The second-order valence-corrected chi connectivity index (χ2v) is 4.73. The Hall–Kier alpha value is -3.62. The highest BCUT2D eigenvalue weighted by molar-refractivity contribution is 6.05. The van der Waals surface area contributed by atoms with E-state index in [1.54, 1.807) is 6.07 Å². The quantitative estimate of drug-likeness (QED) is 0.586. The summed E-state index contributed by atoms with van der Waals surface area (Å²) in [6, 6.07) is 9.52. The number of para-hydroxylation sites is 1. The average Bonchev–Trinajstić information content (AvgIpc) is 3.10. The Morgan fingerprint density at radius 2 is 2.04 bits per heavy atom. The van der Waals surface area contributed by atoms with Crippen molar-refractivity contribution in [2.75, 3.05) is 5.32 Å². The second-order valence-electron chi connectivity index (χ2n) is 4.73. The fourth-order valence-electron chi connectivity index (χ4n) is 2.09. The maximum atomic E-state index is 13.6. The molecule has 0 saturated carbocycles. The number of nitro groups is 1. The Morgan fingerprint density at radius 3 is 2.71 bits per heavy atom. The molecule has 0 spiro atoms. The van der Waals surface area contributed by atoms with Crippen molar-refractivity contribution in [3.63, 3.8) is 0 Å². The zero-order chi connectivity index (χ0) is 17.1. The maximum Gasteiger partial charge on any atom is 0.295 e. The minimum Gasteiger partial charge on any atom is -0.319 e. The third-order valence-corrected chi connectivity index (χ3v) is 3.22. The lowest BCUT2D eigenvalue weighted by Gasteiger charge is -2.08. The van der Waals surface area contributed by atoms with Crippen LogP contribution in [0.5, 0.6) is 0 Å². The summed E-state index contributed by atoms with van der Waals surface area (Å²) in [5, 5.41) is 17.5. The van der Waals surface area contributed by atoms with Gasteiger partial charge in [0.15, 0.2) is 0 Å². The summed E-state index contributed by atoms with van der Waals surface area (Å²) in [6.07, 6.45) is 2.55. The molecule has 1 amide bonds. The average molecular weight is 327 g/mol. The number of hydrogen-bond acceptors (Lipinski definition) is 5. The Bertz CT molecular complexity index is 911. The van der Waals surface area contributed by atoms with Crippen molar-refractivity contribution >= 4 is 17.3 Å². The van der Waals surface area contributed by atoms with E-state index in [-0.39, 0.29) is 22.6 Å². The number of nitro benzene ring substituents is 1. The summed E-state index contributed by atoms with van der Waals surface area (Å²) < 4.78 is 14.8. The van der Waals surface area contributed by atoms with Crippen LogP contribution in [0.25, 0.3) is 5.69 Å². The van der Waals surface area contributed by atoms with Gasteiger partial charge in [-0.2, -0.15) is 5.10 Å². The van der Waals surface area contributed by atoms with Crippen molar-refractivity contribution in [2.45, 2.75) is 0 Å². The zero-order valence-corrected chi connectivity index (χ0v) is 12.1. The molecule has 0 atom stereocenters. The second kappa shape index (κ2) is 6.24. The first-order chi connectivity index (χ1) is 11.6. The van der Waals surface area contributed by atoms with Crippen LogP contribution >= 0.6 is 0 Å². The monoisotopic (exact) mass is 327 g/mol. The zero-order valence-electron chi connectivity index (χ0n) is 12.1. The van der Waals surface area contributed by atoms with E-state index in [4.69, 9.17) is 0 Å². The number of hydrogen-bond donors (Lipinski definition) is 1. The Labute approximate surface area is 134 Å². The molecule has 1 N–H and O–H groups in total. The van der Waals surface area contributed by atoms with Gasteiger partial charge in [-0.1, -0.05) is 12.1 Å². The van der Waals surface area contributed by atoms with Gasteiger partial charge in [-0.3, -0.25) is 14.9 Å². The molecule has 3 aromatic rings. The lowest BCUT2D eigenvalue weighted by atomic mass is 10.1. The summed E-state index contributed by atoms with van der Waals surface area (Å²) in [5.74, 6) is -1.26. The normalized spacial score (nSPS) is 10.4. The smallest absolute Gasteiger partial charge is 0.295 e. The first-order valence-corrected chi connectivity index (χ1v) is 6.75. The topological polar surface area (TPSA) is 103 Å². The first-order valence-electron chi connectivity index (χ1n) is 6.75. The Morgan fingerprint density at radius 1 is 1.25 bits per heavy atom. The summed E-state index contributed by atoms with van der Waals surface area (Å²) in [4.78, 5) is 26.6. The van der Waals surface area contributed by atoms with Crippen LogP contribution < -0.4 is 5.32 Å². The van der Waals surface area contributed by atoms with Crippen LogP contribution in [0, 0.1) is 15.9 Å². The molecular formula is C15H10FN5O3. The van der Waals surface area contributed by atoms with Crippen LogP contribution in [0.3, 0.4) is 0 Å². The number of rotatable bonds is 4. The van der Waals surface area contributed by atoms with Gasteiger partial charge in [-0.05, 0) is 24.3 Å². The van der Waals surface area contributed by atoms with Crippen LogP contribution in [-0.4, -0.2) is 25.6 Å². The van der Waals surface area contributed by atoms with Gasteiger partial charge < -0.3 is 5.32 Å². The fourth-order valence-corrected chi connectivity index (χ4v) is 2.09. The molecule has 24 heavy (non-hydrogen) atoms. The summed E-state index contributed by atoms with van der Waals surface area (Å²) in [5.41, 5.74) is -0.138. The van der Waals surface area contributed by atoms with Gasteiger partial charge in [0.2, 0.25) is 0 Å². The van der Waals surface area contributed by atoms with E-state index in [9.17, 15) is 19.3 Å². The van der Waals surface area contributed by atoms with Crippen molar-refractivity contribution in [1.29, 1.82) is 0 Å². The van der Waals surface area contributed by atoms with Crippen molar-refractivity contribution < 1.29 is 14.1 Å². The first kappa shape index (κ1) is 15.3. The molecule has 0 unspecified atom stereocenters. The van der Waals surface area contributed by atoms with Gasteiger partial charge in [0.25, 0.3) is 11.6 Å². The number of carbonyl (C=O) groups is 1. The Kier molecular flexibility index (Phi) is 3.98. The van der Waals surface area contributed by atoms with Gasteiger partial charge in [-0.15, -0.1) is 0 Å². The molecule has 0 saturated heterocycles. The number of benzene rings is 2. The summed E-state index contributed by atoms with van der Waals surface area (Å²) in [7, 11) is 0. The predicted octanol–water partition coefficient (Wildman–Crippen LogP) is 2.57. The van der Waals surface area contributed by atoms with Crippen molar-refractivity contribution in [3.8, 4) is 5.69 Å². The highest BCUT2D eigenvalue weighted by Gasteiger charge is 2.20. The van der Waals surface area contributed by atoms with Gasteiger partial charge >= 0.3 is 0 Å². The SMILES string of the molecule is O=C(Nc1ccccc1F)c1ccc(-n2cncn2)c([N+](=O)[O-])c1. The molecule has 2 aromatic carbocycles. The molecule has 0 fully saturated rings. The van der Waals surface area contributed by atoms with Crippen molar-refractivity contribution in [2.24, 2.45) is 0 Å². The molecule has 3 rings (SSSR count). The van der Waals surface area contributed by atoms with Crippen molar-refractivity contribution in [3.05, 3.63) is 76.6 Å². The summed E-state index contributed by atoms with van der Waals surface area (Å²) >= 11 is 0. The van der Waals surface area contributed by atoms with E-state index < -0.39 is 16.6 Å². The molecule has 0 aliphatic heterocycles. The lowest BCUT2D eigenvalue weighted by molar-refractivity contribution is -0.384. The molecule has 0 bridgehead atoms. The summed E-state index contributed by atoms with van der Waals surface area (Å²) in [6.45, 7) is 0. The third-order valence-electron chi connectivity index (χ3n) is 3.22. The van der Waals surface area contributed by atoms with Crippen LogP contribution in [0.4, 0.5) is 15.8 Å². The highest BCUT2D eigenvalue weighted by Crippen LogP contribution is 2.24. The number of anilines is 1. The number of amides is 1. The number of nitrogens with zero attached hydrogens (tertiary/aromatic N) is 4. The minimum atomic E-state index is -0.659. The van der Waals surface area contributed by atoms with Gasteiger partial charge in [0, 0.05) is 11.6 Å². The number of aromatic nitrogens is 3. The standard InChI is InChI=1S/C15H10FN5O3/c16-11-3-1-2-4-12(11)19-15(22)10-5-6-13(14(7-10)21(23)24)20-9-17-8-18-20/h1-9H,(H,19,22). The molecule has 120 valence electrons. The number of halogens is 1. The predicted molar refractivity (Wildman–Crippen MR) is 82.4 cm³/mol. The number of carbonyl (C=O) groups excluding carboxylic acids is 1. The minimum absolute atomic E-state index is 0.00879. The fraction of sp³-hybridized carbons (Fsp3) is 0. The molecule has 0 aliphatic rings. The van der Waals surface area contributed by atoms with E-state index in [0.29, 0.717) is 0 Å². The van der Waals surface area contributed by atoms with Crippen LogP contribution in [0.1, 0.15) is 10.4 Å². The molecule has 9 heteroatoms. The Balaban J connectivity index is 1.94. The maximum absolute atomic E-state index is 13.6. The van der Waals surface area contributed by atoms with Crippen LogP contribution in [-0.2, 0) is 0 Å². The highest BCUT2D eigenvalue weighted by atomic mass is 19.1. The van der Waals surface area contributed by atoms with Gasteiger partial charge in [0.05, 0.1) is 10.6 Å². The molecule has 8 nitrogen and oxygen atoms in total. The lowest BCUT2D eigenvalue weighted by Crippen LogP contribution is -2.14. The van der Waals surface area contributed by atoms with Crippen LogP contribution in [0.2, 0.25) is 0 Å². The largest absolute Gasteiger partial charge is 0.319 e. The van der Waals surface area contributed by atoms with E-state index in [1.807, 2.05) is 0 Å². The van der Waals surface area contributed by atoms with E-state index in [2.05, 4.69) is 15.4 Å². The van der Waals surface area contributed by atoms with E-state index >= 15 is 0 Å². The van der Waals surface area contributed by atoms with Gasteiger partial charge in [0.1, 0.15) is 24.2 Å². The van der Waals surface area contributed by atoms with E-state index in [1.165, 1.54) is 47.7 Å². The molecule has 1 heterocycles. The third kappa shape index (κ3) is 2.95.